The Hall–Kier alpha value is -0.600. The van der Waals surface area contributed by atoms with Crippen LogP contribution in [0.3, 0.4) is 0 Å². The summed E-state index contributed by atoms with van der Waals surface area (Å²) in [5.41, 5.74) is 3.99. The van der Waals surface area contributed by atoms with Gasteiger partial charge >= 0.3 is 0 Å². The molecule has 0 N–H and O–H groups in total. The van der Waals surface area contributed by atoms with E-state index in [1.54, 1.807) is 11.3 Å². The molecule has 0 fully saturated rings. The van der Waals surface area contributed by atoms with E-state index in [9.17, 15) is 0 Å². The summed E-state index contributed by atoms with van der Waals surface area (Å²) >= 11 is 5.18. The summed E-state index contributed by atoms with van der Waals surface area (Å²) in [5, 5.41) is 4.37. The molecule has 2 heteroatoms. The van der Waals surface area contributed by atoms with Gasteiger partial charge in [0.2, 0.25) is 0 Å². The Morgan fingerprint density at radius 3 is 2.31 bits per heavy atom. The van der Waals surface area contributed by atoms with E-state index in [0.717, 1.165) is 4.47 Å². The third kappa shape index (κ3) is 1.84. The van der Waals surface area contributed by atoms with E-state index in [1.807, 2.05) is 0 Å². The van der Waals surface area contributed by atoms with E-state index in [1.165, 1.54) is 16.7 Å². The number of thiophene rings is 1. The van der Waals surface area contributed by atoms with Gasteiger partial charge in [-0.3, -0.25) is 0 Å². The van der Waals surface area contributed by atoms with Gasteiger partial charge < -0.3 is 0 Å². The lowest BCUT2D eigenvalue weighted by Gasteiger charge is -1.99. The van der Waals surface area contributed by atoms with Crippen molar-refractivity contribution in [3.63, 3.8) is 0 Å². The van der Waals surface area contributed by atoms with Gasteiger partial charge in [-0.25, -0.2) is 0 Å². The standard InChI is InChI=1S/C11H9BrS/c1-8-6-13-7-11(8)9-2-4-10(12)5-3-9/h2-7H,1H3. The van der Waals surface area contributed by atoms with Crippen LogP contribution in [0.25, 0.3) is 11.1 Å². The molecule has 0 nitrogen and oxygen atoms in total. The minimum Gasteiger partial charge on any atom is -0.151 e. The van der Waals surface area contributed by atoms with E-state index in [4.69, 9.17) is 0 Å². The Labute approximate surface area is 90.4 Å². The van der Waals surface area contributed by atoms with E-state index < -0.39 is 0 Å². The second-order valence-electron chi connectivity index (χ2n) is 2.98. The predicted octanol–water partition coefficient (Wildman–Crippen LogP) is 4.49. The van der Waals surface area contributed by atoms with Crippen LogP contribution in [0.5, 0.6) is 0 Å². The average Bonchev–Trinajstić information content (AvgIpc) is 2.53. The van der Waals surface area contributed by atoms with Gasteiger partial charge in [0.15, 0.2) is 0 Å². The Morgan fingerprint density at radius 2 is 1.77 bits per heavy atom. The lowest BCUT2D eigenvalue weighted by molar-refractivity contribution is 1.52. The van der Waals surface area contributed by atoms with Gasteiger partial charge in [0.05, 0.1) is 0 Å². The molecule has 0 aliphatic heterocycles. The van der Waals surface area contributed by atoms with Crippen LogP contribution < -0.4 is 0 Å². The molecule has 0 aliphatic rings. The smallest absolute Gasteiger partial charge is 0.0175 e. The lowest BCUT2D eigenvalue weighted by atomic mass is 10.1. The summed E-state index contributed by atoms with van der Waals surface area (Å²) < 4.78 is 1.13. The van der Waals surface area contributed by atoms with Gasteiger partial charge in [0, 0.05) is 4.47 Å². The Balaban J connectivity index is 2.47. The lowest BCUT2D eigenvalue weighted by Crippen LogP contribution is -1.75. The first-order valence-electron chi connectivity index (χ1n) is 4.06. The molecule has 13 heavy (non-hydrogen) atoms. The normalized spacial score (nSPS) is 10.3. The van der Waals surface area contributed by atoms with Crippen LogP contribution in [0.1, 0.15) is 5.56 Å². The number of aryl methyl sites for hydroxylation is 1. The maximum Gasteiger partial charge on any atom is 0.0175 e. The highest BCUT2D eigenvalue weighted by Gasteiger charge is 2.01. The highest BCUT2D eigenvalue weighted by molar-refractivity contribution is 9.10. The van der Waals surface area contributed by atoms with E-state index in [-0.39, 0.29) is 0 Å². The predicted molar refractivity (Wildman–Crippen MR) is 62.2 cm³/mol. The van der Waals surface area contributed by atoms with E-state index in [0.29, 0.717) is 0 Å². The van der Waals surface area contributed by atoms with Gasteiger partial charge in [-0.15, -0.1) is 0 Å². The van der Waals surface area contributed by atoms with Gasteiger partial charge in [-0.05, 0) is 46.5 Å². The van der Waals surface area contributed by atoms with Crippen LogP contribution in [0, 0.1) is 6.92 Å². The molecule has 1 aromatic heterocycles. The van der Waals surface area contributed by atoms with Gasteiger partial charge in [0.25, 0.3) is 0 Å². The number of halogens is 1. The van der Waals surface area contributed by atoms with Crippen LogP contribution in [-0.4, -0.2) is 0 Å². The maximum atomic E-state index is 3.43. The quantitative estimate of drug-likeness (QED) is 0.702. The first-order valence-corrected chi connectivity index (χ1v) is 5.79. The second-order valence-corrected chi connectivity index (χ2v) is 4.63. The van der Waals surface area contributed by atoms with Crippen molar-refractivity contribution >= 4 is 27.3 Å². The summed E-state index contributed by atoms with van der Waals surface area (Å²) in [6.07, 6.45) is 0. The maximum absolute atomic E-state index is 3.43. The molecule has 66 valence electrons. The van der Waals surface area contributed by atoms with E-state index in [2.05, 4.69) is 57.9 Å². The average molecular weight is 253 g/mol. The molecule has 0 saturated carbocycles. The monoisotopic (exact) mass is 252 g/mol. The molecular weight excluding hydrogens is 244 g/mol. The molecule has 0 bridgehead atoms. The molecule has 2 aromatic rings. The zero-order chi connectivity index (χ0) is 9.26. The molecule has 0 atom stereocenters. The minimum atomic E-state index is 1.13. The molecule has 1 aromatic carbocycles. The molecule has 0 amide bonds. The fraction of sp³-hybridized carbons (Fsp3) is 0.0909. The molecule has 2 rings (SSSR count). The number of benzene rings is 1. The van der Waals surface area contributed by atoms with Crippen molar-refractivity contribution in [1.29, 1.82) is 0 Å². The zero-order valence-electron chi connectivity index (χ0n) is 7.25. The van der Waals surface area contributed by atoms with Crippen LogP contribution >= 0.6 is 27.3 Å². The van der Waals surface area contributed by atoms with Crippen LogP contribution in [0.4, 0.5) is 0 Å². The van der Waals surface area contributed by atoms with Crippen LogP contribution in [0.15, 0.2) is 39.5 Å². The van der Waals surface area contributed by atoms with Crippen molar-refractivity contribution in [2.45, 2.75) is 6.92 Å². The van der Waals surface area contributed by atoms with Crippen LogP contribution in [-0.2, 0) is 0 Å². The SMILES string of the molecule is Cc1cscc1-c1ccc(Br)cc1. The van der Waals surface area contributed by atoms with Crippen molar-refractivity contribution in [2.75, 3.05) is 0 Å². The summed E-state index contributed by atoms with van der Waals surface area (Å²) in [7, 11) is 0. The van der Waals surface area contributed by atoms with Crippen molar-refractivity contribution in [1.82, 2.24) is 0 Å². The third-order valence-electron chi connectivity index (χ3n) is 2.01. The molecule has 0 radical (unpaired) electrons. The molecular formula is C11H9BrS. The molecule has 0 unspecified atom stereocenters. The first kappa shape index (κ1) is 8.97. The van der Waals surface area contributed by atoms with E-state index >= 15 is 0 Å². The summed E-state index contributed by atoms with van der Waals surface area (Å²) in [5.74, 6) is 0. The van der Waals surface area contributed by atoms with Crippen molar-refractivity contribution in [2.24, 2.45) is 0 Å². The largest absolute Gasteiger partial charge is 0.151 e. The molecule has 0 aliphatic carbocycles. The van der Waals surface area contributed by atoms with Crippen molar-refractivity contribution in [3.05, 3.63) is 45.1 Å². The van der Waals surface area contributed by atoms with Crippen LogP contribution in [0.2, 0.25) is 0 Å². The Bertz CT molecular complexity index is 400. The van der Waals surface area contributed by atoms with Crippen molar-refractivity contribution < 1.29 is 0 Å². The fourth-order valence-corrected chi connectivity index (χ4v) is 2.41. The van der Waals surface area contributed by atoms with Crippen molar-refractivity contribution in [3.8, 4) is 11.1 Å². The molecule has 1 heterocycles. The summed E-state index contributed by atoms with van der Waals surface area (Å²) in [6, 6.07) is 8.43. The topological polar surface area (TPSA) is 0 Å². The van der Waals surface area contributed by atoms with Gasteiger partial charge in [-0.1, -0.05) is 28.1 Å². The first-order chi connectivity index (χ1) is 6.27. The molecule has 0 saturated heterocycles. The minimum absolute atomic E-state index is 1.13. The third-order valence-corrected chi connectivity index (χ3v) is 3.40. The second kappa shape index (κ2) is 3.64. The Kier molecular flexibility index (Phi) is 2.51. The van der Waals surface area contributed by atoms with Gasteiger partial charge in [0.1, 0.15) is 0 Å². The number of hydrogen-bond donors (Lipinski definition) is 0. The summed E-state index contributed by atoms with van der Waals surface area (Å²) in [4.78, 5) is 0. The number of rotatable bonds is 1. The Morgan fingerprint density at radius 1 is 1.08 bits per heavy atom. The number of hydrogen-bond acceptors (Lipinski definition) is 1. The summed E-state index contributed by atoms with van der Waals surface area (Å²) in [6.45, 7) is 2.15. The highest BCUT2D eigenvalue weighted by Crippen LogP contribution is 2.27. The molecule has 0 spiro atoms. The fourth-order valence-electron chi connectivity index (χ4n) is 1.29. The zero-order valence-corrected chi connectivity index (χ0v) is 9.65. The highest BCUT2D eigenvalue weighted by atomic mass is 79.9. The van der Waals surface area contributed by atoms with Gasteiger partial charge in [-0.2, -0.15) is 11.3 Å².